The first-order chi connectivity index (χ1) is 11.8. The Morgan fingerprint density at radius 1 is 0.500 bits per heavy atom. The van der Waals surface area contributed by atoms with E-state index in [1.165, 1.54) is 116 Å². The molecule has 0 atom stereocenters. The molecule has 0 fully saturated rings. The standard InChI is InChI=1S/C23H45O/c1-3-4-5-6-7-8-9-10-11-12-13-14-15-16-17-18-19-20-21-22-23(2)24/h2,24H,3-22H2,1H3. The molecule has 0 aromatic carbocycles. The summed E-state index contributed by atoms with van der Waals surface area (Å²) in [5.41, 5.74) is 0. The van der Waals surface area contributed by atoms with Crippen LogP contribution < -0.4 is 0 Å². The fraction of sp³-hybridized carbons (Fsp3) is 0.913. The van der Waals surface area contributed by atoms with E-state index >= 15 is 0 Å². The molecule has 24 heavy (non-hydrogen) atoms. The number of unbranched alkanes of at least 4 members (excludes halogenated alkanes) is 18. The van der Waals surface area contributed by atoms with Crippen LogP contribution in [-0.4, -0.2) is 5.11 Å². The summed E-state index contributed by atoms with van der Waals surface area (Å²) in [6.45, 7) is 7.53. The zero-order valence-electron chi connectivity index (χ0n) is 16.7. The average molecular weight is 338 g/mol. The minimum Gasteiger partial charge on any atom is -0.512 e. The van der Waals surface area contributed by atoms with E-state index in [2.05, 4.69) is 6.92 Å². The maximum atomic E-state index is 8.89. The van der Waals surface area contributed by atoms with Crippen molar-refractivity contribution >= 4 is 0 Å². The van der Waals surface area contributed by atoms with Gasteiger partial charge in [0.25, 0.3) is 0 Å². The minimum absolute atomic E-state index is 0.0990. The molecule has 143 valence electrons. The van der Waals surface area contributed by atoms with Crippen LogP contribution in [0.2, 0.25) is 0 Å². The van der Waals surface area contributed by atoms with Crippen LogP contribution in [0.5, 0.6) is 0 Å². The van der Waals surface area contributed by atoms with E-state index < -0.39 is 0 Å². The van der Waals surface area contributed by atoms with Gasteiger partial charge >= 0.3 is 0 Å². The van der Waals surface area contributed by atoms with E-state index in [0.29, 0.717) is 6.42 Å². The molecule has 0 unspecified atom stereocenters. The van der Waals surface area contributed by atoms with Gasteiger partial charge in [-0.15, -0.1) is 0 Å². The van der Waals surface area contributed by atoms with Gasteiger partial charge in [-0.2, -0.15) is 0 Å². The Balaban J connectivity index is 2.97. The van der Waals surface area contributed by atoms with E-state index in [1.807, 2.05) is 0 Å². The molecule has 0 amide bonds. The predicted octanol–water partition coefficient (Wildman–Crippen LogP) is 8.68. The fourth-order valence-electron chi connectivity index (χ4n) is 3.38. The summed E-state index contributed by atoms with van der Waals surface area (Å²) < 4.78 is 0. The number of aliphatic hydroxyl groups is 1. The third-order valence-electron chi connectivity index (χ3n) is 5.04. The van der Waals surface area contributed by atoms with Crippen molar-refractivity contribution in [2.45, 2.75) is 135 Å². The molecule has 1 radical (unpaired) electrons. The third-order valence-corrected chi connectivity index (χ3v) is 5.04. The average Bonchev–Trinajstić information content (AvgIpc) is 2.56. The molecular weight excluding hydrogens is 292 g/mol. The van der Waals surface area contributed by atoms with Crippen LogP contribution in [0.3, 0.4) is 0 Å². The second kappa shape index (κ2) is 20.6. The third kappa shape index (κ3) is 21.5. The Labute approximate surface area is 153 Å². The topological polar surface area (TPSA) is 20.2 Å². The lowest BCUT2D eigenvalue weighted by Gasteiger charge is -2.04. The van der Waals surface area contributed by atoms with E-state index in [1.54, 1.807) is 0 Å². The first-order valence-corrected chi connectivity index (χ1v) is 11.1. The van der Waals surface area contributed by atoms with Gasteiger partial charge in [0.05, 0.1) is 5.76 Å². The van der Waals surface area contributed by atoms with Crippen molar-refractivity contribution in [3.63, 3.8) is 0 Å². The second-order valence-corrected chi connectivity index (χ2v) is 7.61. The van der Waals surface area contributed by atoms with Crippen LogP contribution in [0.1, 0.15) is 135 Å². The van der Waals surface area contributed by atoms with E-state index in [9.17, 15) is 0 Å². The second-order valence-electron chi connectivity index (χ2n) is 7.61. The molecule has 0 saturated carbocycles. The lowest BCUT2D eigenvalue weighted by Crippen LogP contribution is -1.84. The van der Waals surface area contributed by atoms with Crippen molar-refractivity contribution in [3.05, 3.63) is 12.3 Å². The van der Waals surface area contributed by atoms with Crippen LogP contribution in [0.25, 0.3) is 0 Å². The van der Waals surface area contributed by atoms with Gasteiger partial charge in [0.1, 0.15) is 0 Å². The molecule has 0 aliphatic heterocycles. The van der Waals surface area contributed by atoms with Crippen LogP contribution >= 0.6 is 0 Å². The lowest BCUT2D eigenvalue weighted by atomic mass is 10.0. The summed E-state index contributed by atoms with van der Waals surface area (Å²) >= 11 is 0. The molecule has 1 nitrogen and oxygen atoms in total. The molecule has 0 aromatic rings. The lowest BCUT2D eigenvalue weighted by molar-refractivity contribution is 0.381. The smallest absolute Gasteiger partial charge is 0.0923 e. The van der Waals surface area contributed by atoms with Crippen molar-refractivity contribution in [3.8, 4) is 0 Å². The first kappa shape index (κ1) is 23.5. The summed E-state index contributed by atoms with van der Waals surface area (Å²) in [6.07, 6.45) is 27.1. The van der Waals surface area contributed by atoms with Crippen LogP contribution in [0, 0.1) is 6.58 Å². The number of hydrogen-bond acceptors (Lipinski definition) is 1. The molecule has 1 heteroatoms. The summed E-state index contributed by atoms with van der Waals surface area (Å²) in [7, 11) is 0. The number of hydrogen-bond donors (Lipinski definition) is 1. The Morgan fingerprint density at radius 3 is 1.00 bits per heavy atom. The molecule has 0 rings (SSSR count). The predicted molar refractivity (Wildman–Crippen MR) is 108 cm³/mol. The van der Waals surface area contributed by atoms with E-state index in [0.717, 1.165) is 6.42 Å². The van der Waals surface area contributed by atoms with Crippen molar-refractivity contribution in [1.82, 2.24) is 0 Å². The van der Waals surface area contributed by atoms with Gasteiger partial charge in [0.15, 0.2) is 0 Å². The zero-order chi connectivity index (χ0) is 17.7. The maximum absolute atomic E-state index is 8.89. The van der Waals surface area contributed by atoms with Crippen LogP contribution in [-0.2, 0) is 0 Å². The van der Waals surface area contributed by atoms with Crippen molar-refractivity contribution < 1.29 is 5.11 Å². The maximum Gasteiger partial charge on any atom is 0.0923 e. The molecular formula is C23H45O. The van der Waals surface area contributed by atoms with E-state index in [4.69, 9.17) is 11.7 Å². The van der Waals surface area contributed by atoms with Crippen molar-refractivity contribution in [2.24, 2.45) is 0 Å². The summed E-state index contributed by atoms with van der Waals surface area (Å²) in [5, 5.41) is 8.89. The Morgan fingerprint density at radius 2 is 0.750 bits per heavy atom. The minimum atomic E-state index is 0.0990. The summed E-state index contributed by atoms with van der Waals surface area (Å²) in [6, 6.07) is 0. The van der Waals surface area contributed by atoms with Crippen molar-refractivity contribution in [2.75, 3.05) is 0 Å². The van der Waals surface area contributed by atoms with E-state index in [-0.39, 0.29) is 5.76 Å². The molecule has 0 saturated heterocycles. The zero-order valence-corrected chi connectivity index (χ0v) is 16.7. The summed E-state index contributed by atoms with van der Waals surface area (Å²) in [4.78, 5) is 0. The molecule has 0 aliphatic carbocycles. The number of allylic oxidation sites excluding steroid dienone is 1. The van der Waals surface area contributed by atoms with Crippen molar-refractivity contribution in [1.29, 1.82) is 0 Å². The molecule has 0 spiro atoms. The SMILES string of the molecule is [CH]=C(O)CCCCCCCCCCCCCCCCCCCCC. The van der Waals surface area contributed by atoms with Gasteiger partial charge in [-0.1, -0.05) is 122 Å². The number of rotatable bonds is 20. The summed E-state index contributed by atoms with van der Waals surface area (Å²) in [5.74, 6) is 0.0990. The highest BCUT2D eigenvalue weighted by atomic mass is 16.3. The molecule has 0 aromatic heterocycles. The first-order valence-electron chi connectivity index (χ1n) is 11.1. The highest BCUT2D eigenvalue weighted by Gasteiger charge is 1.95. The quantitative estimate of drug-likeness (QED) is 0.174. The Kier molecular flexibility index (Phi) is 20.2. The Hall–Kier alpha value is -0.460. The molecule has 0 bridgehead atoms. The van der Waals surface area contributed by atoms with Gasteiger partial charge in [-0.3, -0.25) is 0 Å². The Bertz CT molecular complexity index is 246. The van der Waals surface area contributed by atoms with Crippen LogP contribution in [0.15, 0.2) is 5.76 Å². The van der Waals surface area contributed by atoms with Gasteiger partial charge in [-0.05, 0) is 13.0 Å². The molecule has 0 aliphatic rings. The normalized spacial score (nSPS) is 11.0. The van der Waals surface area contributed by atoms with Gasteiger partial charge in [0.2, 0.25) is 0 Å². The highest BCUT2D eigenvalue weighted by Crippen LogP contribution is 2.15. The van der Waals surface area contributed by atoms with Crippen LogP contribution in [0.4, 0.5) is 0 Å². The number of aliphatic hydroxyl groups excluding tert-OH is 1. The monoisotopic (exact) mass is 337 g/mol. The van der Waals surface area contributed by atoms with Gasteiger partial charge < -0.3 is 5.11 Å². The largest absolute Gasteiger partial charge is 0.512 e. The molecule has 0 heterocycles. The fourth-order valence-corrected chi connectivity index (χ4v) is 3.38. The highest BCUT2D eigenvalue weighted by molar-refractivity contribution is 4.73. The molecule has 1 N–H and O–H groups in total. The van der Waals surface area contributed by atoms with Gasteiger partial charge in [0, 0.05) is 6.42 Å². The van der Waals surface area contributed by atoms with Gasteiger partial charge in [-0.25, -0.2) is 0 Å².